The first-order valence-electron chi connectivity index (χ1n) is 6.62. The quantitative estimate of drug-likeness (QED) is 0.583. The minimum absolute atomic E-state index is 0.0159. The number of anilines is 3. The normalized spacial score (nSPS) is 10.5. The van der Waals surface area contributed by atoms with E-state index in [2.05, 4.69) is 20.7 Å². The Labute approximate surface area is 121 Å². The monoisotopic (exact) mass is 293 g/mol. The van der Waals surface area contributed by atoms with Gasteiger partial charge in [0.15, 0.2) is 11.6 Å². The Bertz CT molecular complexity index is 646. The summed E-state index contributed by atoms with van der Waals surface area (Å²) >= 11 is 0. The van der Waals surface area contributed by atoms with E-state index in [-0.39, 0.29) is 5.69 Å². The van der Waals surface area contributed by atoms with Gasteiger partial charge in [0.05, 0.1) is 5.69 Å². The lowest BCUT2D eigenvalue weighted by Gasteiger charge is -2.14. The Morgan fingerprint density at radius 2 is 1.90 bits per heavy atom. The standard InChI is InChI=1S/C14H17F2N5/c1-3-5-11-19-13(8(2)14(20-11)21-17)18-10-7-4-6-9(15)12(10)16/h4,6-7H,3,5,17H2,1-2H3,(H2,18,19,20,21). The average molecular weight is 293 g/mol. The van der Waals surface area contributed by atoms with Crippen molar-refractivity contribution in [3.8, 4) is 0 Å². The van der Waals surface area contributed by atoms with Crippen molar-refractivity contribution in [2.24, 2.45) is 5.84 Å². The van der Waals surface area contributed by atoms with Gasteiger partial charge in [0.1, 0.15) is 17.5 Å². The van der Waals surface area contributed by atoms with Crippen LogP contribution in [-0.2, 0) is 6.42 Å². The van der Waals surface area contributed by atoms with Crippen LogP contribution in [0.2, 0.25) is 0 Å². The van der Waals surface area contributed by atoms with E-state index in [0.29, 0.717) is 29.4 Å². The number of aryl methyl sites for hydroxylation is 1. The Kier molecular flexibility index (Phi) is 4.64. The van der Waals surface area contributed by atoms with Crippen LogP contribution >= 0.6 is 0 Å². The number of hydrogen-bond acceptors (Lipinski definition) is 5. The van der Waals surface area contributed by atoms with E-state index in [4.69, 9.17) is 5.84 Å². The molecule has 2 aromatic rings. The van der Waals surface area contributed by atoms with Gasteiger partial charge >= 0.3 is 0 Å². The molecule has 0 unspecified atom stereocenters. The Balaban J connectivity index is 2.42. The van der Waals surface area contributed by atoms with E-state index in [0.717, 1.165) is 12.5 Å². The molecular formula is C14H17F2N5. The molecular weight excluding hydrogens is 276 g/mol. The summed E-state index contributed by atoms with van der Waals surface area (Å²) in [5.74, 6) is 4.99. The molecule has 0 atom stereocenters. The lowest BCUT2D eigenvalue weighted by molar-refractivity contribution is 0.511. The lowest BCUT2D eigenvalue weighted by Crippen LogP contribution is -2.14. The van der Waals surface area contributed by atoms with Crippen LogP contribution in [0.5, 0.6) is 0 Å². The number of hydrogen-bond donors (Lipinski definition) is 3. The fourth-order valence-corrected chi connectivity index (χ4v) is 1.89. The number of halogens is 2. The molecule has 5 nitrogen and oxygen atoms in total. The van der Waals surface area contributed by atoms with Crippen molar-refractivity contribution < 1.29 is 8.78 Å². The third kappa shape index (κ3) is 3.25. The summed E-state index contributed by atoms with van der Waals surface area (Å²) in [6, 6.07) is 3.92. The van der Waals surface area contributed by atoms with Crippen LogP contribution in [0.15, 0.2) is 18.2 Å². The maximum absolute atomic E-state index is 13.7. The molecule has 0 bridgehead atoms. The average Bonchev–Trinajstić information content (AvgIpc) is 2.47. The number of aromatic nitrogens is 2. The first-order valence-corrected chi connectivity index (χ1v) is 6.62. The number of rotatable bonds is 5. The van der Waals surface area contributed by atoms with E-state index >= 15 is 0 Å². The van der Waals surface area contributed by atoms with Gasteiger partial charge in [-0.05, 0) is 25.5 Å². The molecule has 0 aliphatic heterocycles. The molecule has 0 aliphatic carbocycles. The maximum Gasteiger partial charge on any atom is 0.182 e. The Hall–Kier alpha value is -2.28. The number of hydrazine groups is 1. The van der Waals surface area contributed by atoms with Gasteiger partial charge in [-0.2, -0.15) is 0 Å². The zero-order chi connectivity index (χ0) is 15.4. The number of benzene rings is 1. The SMILES string of the molecule is CCCc1nc(NN)c(C)c(Nc2cccc(F)c2F)n1. The predicted octanol–water partition coefficient (Wildman–Crippen LogP) is 3.04. The van der Waals surface area contributed by atoms with Gasteiger partial charge in [-0.15, -0.1) is 0 Å². The molecule has 2 rings (SSSR count). The van der Waals surface area contributed by atoms with Crippen LogP contribution < -0.4 is 16.6 Å². The highest BCUT2D eigenvalue weighted by atomic mass is 19.2. The highest BCUT2D eigenvalue weighted by Gasteiger charge is 2.13. The van der Waals surface area contributed by atoms with Crippen LogP contribution in [0.25, 0.3) is 0 Å². The summed E-state index contributed by atoms with van der Waals surface area (Å²) in [6.45, 7) is 3.74. The van der Waals surface area contributed by atoms with Crippen molar-refractivity contribution in [1.82, 2.24) is 9.97 Å². The summed E-state index contributed by atoms with van der Waals surface area (Å²) in [5.41, 5.74) is 3.13. The van der Waals surface area contributed by atoms with Gasteiger partial charge in [-0.1, -0.05) is 13.0 Å². The van der Waals surface area contributed by atoms with E-state index < -0.39 is 11.6 Å². The zero-order valence-corrected chi connectivity index (χ0v) is 11.9. The summed E-state index contributed by atoms with van der Waals surface area (Å²) in [5, 5.41) is 2.79. The summed E-state index contributed by atoms with van der Waals surface area (Å²) in [6.07, 6.45) is 1.52. The Morgan fingerprint density at radius 3 is 2.57 bits per heavy atom. The molecule has 0 saturated carbocycles. The predicted molar refractivity (Wildman–Crippen MR) is 78.2 cm³/mol. The van der Waals surface area contributed by atoms with E-state index in [1.165, 1.54) is 12.1 Å². The van der Waals surface area contributed by atoms with E-state index in [9.17, 15) is 8.78 Å². The fraction of sp³-hybridized carbons (Fsp3) is 0.286. The molecule has 1 aromatic heterocycles. The molecule has 0 fully saturated rings. The molecule has 1 aromatic carbocycles. The molecule has 112 valence electrons. The molecule has 1 heterocycles. The second-order valence-corrected chi connectivity index (χ2v) is 4.58. The molecule has 21 heavy (non-hydrogen) atoms. The van der Waals surface area contributed by atoms with Crippen molar-refractivity contribution in [2.75, 3.05) is 10.7 Å². The van der Waals surface area contributed by atoms with Gasteiger partial charge in [0, 0.05) is 12.0 Å². The largest absolute Gasteiger partial charge is 0.337 e. The van der Waals surface area contributed by atoms with Gasteiger partial charge in [0.25, 0.3) is 0 Å². The maximum atomic E-state index is 13.7. The van der Waals surface area contributed by atoms with Crippen molar-refractivity contribution >= 4 is 17.3 Å². The third-order valence-electron chi connectivity index (χ3n) is 3.01. The van der Waals surface area contributed by atoms with Crippen molar-refractivity contribution in [3.05, 3.63) is 41.2 Å². The first-order chi connectivity index (χ1) is 10.1. The van der Waals surface area contributed by atoms with Crippen LogP contribution in [0.4, 0.5) is 26.1 Å². The van der Waals surface area contributed by atoms with Crippen molar-refractivity contribution in [2.45, 2.75) is 26.7 Å². The second kappa shape index (κ2) is 6.45. The molecule has 7 heteroatoms. The molecule has 0 radical (unpaired) electrons. The summed E-state index contributed by atoms with van der Waals surface area (Å²) in [7, 11) is 0. The second-order valence-electron chi connectivity index (χ2n) is 4.58. The number of nitrogen functional groups attached to an aromatic ring is 1. The van der Waals surface area contributed by atoms with Crippen molar-refractivity contribution in [3.63, 3.8) is 0 Å². The molecule has 0 spiro atoms. The summed E-state index contributed by atoms with van der Waals surface area (Å²) < 4.78 is 27.0. The van der Waals surface area contributed by atoms with E-state index in [1.807, 2.05) is 6.92 Å². The number of nitrogens with zero attached hydrogens (tertiary/aromatic N) is 2. The van der Waals surface area contributed by atoms with Gasteiger partial charge in [-0.3, -0.25) is 0 Å². The highest BCUT2D eigenvalue weighted by Crippen LogP contribution is 2.25. The first kappa shape index (κ1) is 15.1. The number of nitrogens with one attached hydrogen (secondary N) is 2. The Morgan fingerprint density at radius 1 is 1.19 bits per heavy atom. The lowest BCUT2D eigenvalue weighted by atomic mass is 10.2. The van der Waals surface area contributed by atoms with E-state index in [1.54, 1.807) is 6.92 Å². The van der Waals surface area contributed by atoms with Crippen LogP contribution in [0.1, 0.15) is 24.7 Å². The minimum Gasteiger partial charge on any atom is -0.337 e. The third-order valence-corrected chi connectivity index (χ3v) is 3.01. The highest BCUT2D eigenvalue weighted by molar-refractivity contribution is 5.64. The fourth-order valence-electron chi connectivity index (χ4n) is 1.89. The van der Waals surface area contributed by atoms with Gasteiger partial charge < -0.3 is 10.7 Å². The molecule has 0 aliphatic rings. The molecule has 4 N–H and O–H groups in total. The topological polar surface area (TPSA) is 75.9 Å². The summed E-state index contributed by atoms with van der Waals surface area (Å²) in [4.78, 5) is 8.60. The number of nitrogens with two attached hydrogens (primary N) is 1. The van der Waals surface area contributed by atoms with Crippen molar-refractivity contribution in [1.29, 1.82) is 0 Å². The van der Waals surface area contributed by atoms with Crippen LogP contribution in [0.3, 0.4) is 0 Å². The van der Waals surface area contributed by atoms with Gasteiger partial charge in [-0.25, -0.2) is 24.6 Å². The van der Waals surface area contributed by atoms with Crippen LogP contribution in [-0.4, -0.2) is 9.97 Å². The zero-order valence-electron chi connectivity index (χ0n) is 11.9. The van der Waals surface area contributed by atoms with Crippen LogP contribution in [0, 0.1) is 18.6 Å². The smallest absolute Gasteiger partial charge is 0.182 e. The van der Waals surface area contributed by atoms with Gasteiger partial charge in [0.2, 0.25) is 0 Å². The minimum atomic E-state index is -0.949. The molecule has 0 amide bonds. The molecule has 0 saturated heterocycles.